The third-order valence-corrected chi connectivity index (χ3v) is 8.15. The lowest BCUT2D eigenvalue weighted by Crippen LogP contribution is -2.33. The molecular formula is C22H19FIN3O2. The van der Waals surface area contributed by atoms with E-state index in [0.29, 0.717) is 17.0 Å². The van der Waals surface area contributed by atoms with Crippen molar-refractivity contribution in [2.75, 3.05) is 20.1 Å². The molecule has 0 N–H and O–H groups in total. The third-order valence-electron chi connectivity index (χ3n) is 5.20. The average Bonchev–Trinajstić information content (AvgIpc) is 3.09. The summed E-state index contributed by atoms with van der Waals surface area (Å²) in [7, 11) is 2.11. The highest BCUT2D eigenvalue weighted by Crippen LogP contribution is 2.37. The topological polar surface area (TPSA) is 49.6 Å². The van der Waals surface area contributed by atoms with Crippen molar-refractivity contribution in [1.82, 2.24) is 14.8 Å². The van der Waals surface area contributed by atoms with Crippen molar-refractivity contribution >= 4 is 45.0 Å². The number of fused-ring (bicyclic) bond motifs is 2. The fourth-order valence-electron chi connectivity index (χ4n) is 3.64. The molecule has 0 unspecified atom stereocenters. The molecule has 3 aliphatic heterocycles. The summed E-state index contributed by atoms with van der Waals surface area (Å²) in [6, 6.07) is 3.24. The summed E-state index contributed by atoms with van der Waals surface area (Å²) in [4.78, 5) is 21.0. The Balaban J connectivity index is 1.48. The van der Waals surface area contributed by atoms with Gasteiger partial charge in [-0.25, -0.2) is 9.37 Å². The maximum absolute atomic E-state index is 14.5. The molecule has 7 heteroatoms. The zero-order valence-corrected chi connectivity index (χ0v) is 18.2. The van der Waals surface area contributed by atoms with Crippen LogP contribution in [0.3, 0.4) is 0 Å². The molecule has 0 aliphatic carbocycles. The van der Waals surface area contributed by atoms with Gasteiger partial charge < -0.3 is 9.32 Å². The van der Waals surface area contributed by atoms with Crippen molar-refractivity contribution in [3.8, 4) is 0 Å². The van der Waals surface area contributed by atoms with E-state index in [2.05, 4.69) is 29.1 Å². The Hall–Kier alpha value is -2.39. The number of rotatable bonds is 2. The quantitative estimate of drug-likeness (QED) is 0.575. The van der Waals surface area contributed by atoms with Crippen LogP contribution in [0.15, 0.2) is 58.2 Å². The molecule has 0 saturated carbocycles. The van der Waals surface area contributed by atoms with Crippen molar-refractivity contribution in [3.63, 3.8) is 0 Å². The Kier molecular flexibility index (Phi) is 4.59. The van der Waals surface area contributed by atoms with E-state index >= 15 is 0 Å². The van der Waals surface area contributed by atoms with Gasteiger partial charge in [-0.15, -0.1) is 0 Å². The number of benzene rings is 1. The summed E-state index contributed by atoms with van der Waals surface area (Å²) >= 11 is -0.631. The van der Waals surface area contributed by atoms with Crippen LogP contribution >= 0.6 is 20.7 Å². The predicted molar refractivity (Wildman–Crippen MR) is 120 cm³/mol. The van der Waals surface area contributed by atoms with Gasteiger partial charge in [-0.3, -0.25) is 9.69 Å². The van der Waals surface area contributed by atoms with E-state index in [-0.39, 0.29) is 11.4 Å². The number of aromatic nitrogens is 1. The number of nitrogens with zero attached hydrogens (tertiary/aromatic N) is 3. The van der Waals surface area contributed by atoms with Gasteiger partial charge in [0.25, 0.3) is 5.91 Å². The van der Waals surface area contributed by atoms with Crippen LogP contribution in [0.1, 0.15) is 17.9 Å². The third kappa shape index (κ3) is 3.42. The van der Waals surface area contributed by atoms with E-state index in [1.54, 1.807) is 24.0 Å². The standard InChI is InChI=1S/C22H19FIN3O2/c1-13-25-22-17(23)9-16(10-19(22)29-13)18-11-21(28)27-12-15(3-4-20(27)24-18)14-5-7-26(2)8-6-14/h3-5,9-12H,6-8H2,1-2H3. The molecule has 2 aromatic rings. The molecule has 5 rings (SSSR count). The number of halogens is 2. The summed E-state index contributed by atoms with van der Waals surface area (Å²) in [5.41, 5.74) is 3.73. The molecule has 29 heavy (non-hydrogen) atoms. The summed E-state index contributed by atoms with van der Waals surface area (Å²) in [5.74, 6) is -0.0867. The summed E-state index contributed by atoms with van der Waals surface area (Å²) in [5, 5.41) is 0. The first kappa shape index (κ1) is 18.6. The number of carbonyl (C=O) groups excluding carboxylic acids is 1. The highest BCUT2D eigenvalue weighted by molar-refractivity contribution is 14.2. The lowest BCUT2D eigenvalue weighted by molar-refractivity contribution is -0.120. The summed E-state index contributed by atoms with van der Waals surface area (Å²) < 4.78 is 21.8. The van der Waals surface area contributed by atoms with Crippen LogP contribution in [0, 0.1) is 12.7 Å². The van der Waals surface area contributed by atoms with Crippen molar-refractivity contribution in [2.24, 2.45) is 0 Å². The van der Waals surface area contributed by atoms with Crippen molar-refractivity contribution in [1.29, 1.82) is 0 Å². The van der Waals surface area contributed by atoms with Gasteiger partial charge in [-0.2, -0.15) is 0 Å². The van der Waals surface area contributed by atoms with Crippen LogP contribution in [0.2, 0.25) is 0 Å². The minimum absolute atomic E-state index is 0.0921. The molecule has 0 spiro atoms. The molecule has 0 radical (unpaired) electrons. The van der Waals surface area contributed by atoms with Crippen molar-refractivity contribution in [3.05, 3.63) is 71.1 Å². The largest absolute Gasteiger partial charge is 0.441 e. The maximum Gasteiger partial charge on any atom is 0.256 e. The van der Waals surface area contributed by atoms with Crippen LogP contribution in [0.25, 0.3) is 14.7 Å². The van der Waals surface area contributed by atoms with Gasteiger partial charge in [-0.1, -0.05) is 32.9 Å². The lowest BCUT2D eigenvalue weighted by Gasteiger charge is -2.28. The van der Waals surface area contributed by atoms with E-state index in [1.165, 1.54) is 11.6 Å². The average molecular weight is 503 g/mol. The number of carbonyl (C=O) groups is 1. The summed E-state index contributed by atoms with van der Waals surface area (Å²) in [6.45, 7) is 3.64. The fourth-order valence-corrected chi connectivity index (χ4v) is 6.27. The molecule has 4 heterocycles. The highest BCUT2D eigenvalue weighted by Gasteiger charge is 2.25. The van der Waals surface area contributed by atoms with E-state index in [1.807, 2.05) is 12.3 Å². The Bertz CT molecular complexity index is 1200. The summed E-state index contributed by atoms with van der Waals surface area (Å²) in [6.07, 6.45) is 10.9. The van der Waals surface area contributed by atoms with Crippen LogP contribution in [0.4, 0.5) is 4.39 Å². The minimum Gasteiger partial charge on any atom is -0.441 e. The lowest BCUT2D eigenvalue weighted by atomic mass is 9.98. The van der Waals surface area contributed by atoms with Crippen molar-refractivity contribution in [2.45, 2.75) is 13.3 Å². The Morgan fingerprint density at radius 3 is 2.93 bits per heavy atom. The number of likely N-dealkylation sites (N-methyl/N-ethyl adjacent to an activating group) is 1. The van der Waals surface area contributed by atoms with Gasteiger partial charge in [0.05, 0.1) is 3.63 Å². The molecule has 5 nitrogen and oxygen atoms in total. The van der Waals surface area contributed by atoms with Crippen LogP contribution in [-0.2, 0) is 4.79 Å². The molecule has 0 saturated heterocycles. The smallest absolute Gasteiger partial charge is 0.256 e. The number of amides is 1. The molecule has 0 bridgehead atoms. The maximum atomic E-state index is 14.5. The zero-order valence-electron chi connectivity index (χ0n) is 16.1. The monoisotopic (exact) mass is 503 g/mol. The number of hydrogen-bond donors (Lipinski definition) is 0. The minimum atomic E-state index is -0.631. The van der Waals surface area contributed by atoms with Crippen LogP contribution < -0.4 is 0 Å². The molecule has 148 valence electrons. The molecule has 1 aromatic carbocycles. The van der Waals surface area contributed by atoms with E-state index in [9.17, 15) is 9.18 Å². The predicted octanol–water partition coefficient (Wildman–Crippen LogP) is 4.27. The van der Waals surface area contributed by atoms with Crippen LogP contribution in [-0.4, -0.2) is 44.5 Å². The number of hydrogen-bond acceptors (Lipinski definition) is 4. The first-order valence-corrected chi connectivity index (χ1v) is 11.6. The highest BCUT2D eigenvalue weighted by atomic mass is 127. The van der Waals surface area contributed by atoms with Gasteiger partial charge in [0.15, 0.2) is 17.3 Å². The zero-order chi connectivity index (χ0) is 20.1. The number of oxazole rings is 1. The molecule has 3 aliphatic rings. The number of aryl methyl sites for hydroxylation is 1. The van der Waals surface area contributed by atoms with Gasteiger partial charge >= 0.3 is 0 Å². The Morgan fingerprint density at radius 2 is 2.14 bits per heavy atom. The SMILES string of the molecule is Cc1nc2c(F)cc(C3=CC(=O)N4C=C(C5=CCN(C)CC5)C=CC4=I3)cc2o1. The molecule has 1 amide bonds. The molecule has 1 aromatic heterocycles. The van der Waals surface area contributed by atoms with E-state index < -0.39 is 26.5 Å². The van der Waals surface area contributed by atoms with Crippen molar-refractivity contribution < 1.29 is 13.6 Å². The Morgan fingerprint density at radius 1 is 1.28 bits per heavy atom. The van der Waals surface area contributed by atoms with Gasteiger partial charge in [0.1, 0.15) is 5.52 Å². The van der Waals surface area contributed by atoms with Crippen LogP contribution in [0.5, 0.6) is 0 Å². The van der Waals surface area contributed by atoms with Gasteiger partial charge in [-0.05, 0) is 48.4 Å². The van der Waals surface area contributed by atoms with E-state index in [0.717, 1.165) is 32.3 Å². The first-order chi connectivity index (χ1) is 14.0. The van der Waals surface area contributed by atoms with E-state index in [4.69, 9.17) is 4.42 Å². The second kappa shape index (κ2) is 7.14. The second-order valence-corrected chi connectivity index (χ2v) is 10.1. The van der Waals surface area contributed by atoms with Gasteiger partial charge in [0.2, 0.25) is 0 Å². The Labute approximate surface area is 177 Å². The van der Waals surface area contributed by atoms with Gasteiger partial charge in [0, 0.05) is 35.9 Å². The second-order valence-electron chi connectivity index (χ2n) is 7.31. The number of allylic oxidation sites excluding steroid dienone is 2. The molecule has 0 atom stereocenters. The first-order valence-electron chi connectivity index (χ1n) is 9.39. The molecular weight excluding hydrogens is 484 g/mol. The molecule has 0 fully saturated rings. The normalized spacial score (nSPS) is 20.0. The fraction of sp³-hybridized carbons (Fsp3) is 0.227.